The number of carbonyl (C=O) groups is 1. The molecule has 0 aliphatic heterocycles. The summed E-state index contributed by atoms with van der Waals surface area (Å²) in [6, 6.07) is 10.7. The van der Waals surface area contributed by atoms with E-state index in [1.807, 2.05) is 18.2 Å². The Morgan fingerprint density at radius 3 is 2.47 bits per heavy atom. The van der Waals surface area contributed by atoms with Gasteiger partial charge in [0.05, 0.1) is 6.42 Å². The van der Waals surface area contributed by atoms with E-state index in [-0.39, 0.29) is 6.42 Å². The van der Waals surface area contributed by atoms with Crippen LogP contribution in [-0.2, 0) is 4.79 Å². The minimum atomic E-state index is -0.722. The van der Waals surface area contributed by atoms with Crippen LogP contribution in [0.2, 0.25) is 0 Å². The van der Waals surface area contributed by atoms with E-state index >= 15 is 0 Å². The van der Waals surface area contributed by atoms with Gasteiger partial charge in [0.2, 0.25) is 0 Å². The van der Waals surface area contributed by atoms with Gasteiger partial charge in [-0.15, -0.1) is 0 Å². The van der Waals surface area contributed by atoms with Crippen molar-refractivity contribution in [2.75, 3.05) is 11.4 Å². The van der Waals surface area contributed by atoms with Crippen LogP contribution in [0.1, 0.15) is 33.1 Å². The molecule has 1 aromatic carbocycles. The third-order valence-corrected chi connectivity index (χ3v) is 4.19. The Morgan fingerprint density at radius 2 is 1.95 bits per heavy atom. The first-order valence-electron chi connectivity index (χ1n) is 7.11. The molecular weight excluding hydrogens is 238 g/mol. The zero-order valence-electron chi connectivity index (χ0n) is 11.7. The van der Waals surface area contributed by atoms with E-state index in [0.29, 0.717) is 12.6 Å². The predicted molar refractivity (Wildman–Crippen MR) is 77.4 cm³/mol. The Morgan fingerprint density at radius 1 is 1.32 bits per heavy atom. The van der Waals surface area contributed by atoms with E-state index < -0.39 is 5.97 Å². The van der Waals surface area contributed by atoms with Crippen molar-refractivity contribution in [2.24, 2.45) is 11.8 Å². The molecule has 0 radical (unpaired) electrons. The molecular formula is C16H23NO2. The average Bonchev–Trinajstić information content (AvgIpc) is 2.32. The average molecular weight is 261 g/mol. The normalized spacial score (nSPS) is 22.1. The van der Waals surface area contributed by atoms with Crippen molar-refractivity contribution in [1.29, 1.82) is 0 Å². The van der Waals surface area contributed by atoms with E-state index in [1.165, 1.54) is 12.8 Å². The van der Waals surface area contributed by atoms with Gasteiger partial charge in [-0.05, 0) is 36.8 Å². The molecule has 1 fully saturated rings. The van der Waals surface area contributed by atoms with Gasteiger partial charge in [-0.3, -0.25) is 4.79 Å². The first-order chi connectivity index (χ1) is 9.08. The molecule has 0 heterocycles. The zero-order chi connectivity index (χ0) is 13.8. The van der Waals surface area contributed by atoms with Crippen molar-refractivity contribution >= 4 is 11.7 Å². The summed E-state index contributed by atoms with van der Waals surface area (Å²) in [6.45, 7) is 5.14. The van der Waals surface area contributed by atoms with Gasteiger partial charge >= 0.3 is 5.97 Å². The molecule has 0 amide bonds. The summed E-state index contributed by atoms with van der Waals surface area (Å²) >= 11 is 0. The summed E-state index contributed by atoms with van der Waals surface area (Å²) in [6.07, 6.45) is 2.58. The lowest BCUT2D eigenvalue weighted by Gasteiger charge is -2.46. The molecule has 0 unspecified atom stereocenters. The molecule has 0 saturated heterocycles. The fraction of sp³-hybridized carbons (Fsp3) is 0.562. The third-order valence-electron chi connectivity index (χ3n) is 4.19. The Bertz CT molecular complexity index is 410. The lowest BCUT2D eigenvalue weighted by Crippen LogP contribution is -2.47. The van der Waals surface area contributed by atoms with Gasteiger partial charge < -0.3 is 10.0 Å². The molecule has 1 aromatic rings. The van der Waals surface area contributed by atoms with Gasteiger partial charge in [0.25, 0.3) is 0 Å². The number of nitrogens with zero attached hydrogens (tertiary/aromatic N) is 1. The number of anilines is 1. The zero-order valence-corrected chi connectivity index (χ0v) is 11.7. The molecule has 104 valence electrons. The van der Waals surface area contributed by atoms with E-state index in [0.717, 1.165) is 17.5 Å². The highest BCUT2D eigenvalue weighted by Crippen LogP contribution is 2.38. The summed E-state index contributed by atoms with van der Waals surface area (Å²) in [5.74, 6) is 0.801. The summed E-state index contributed by atoms with van der Waals surface area (Å²) in [4.78, 5) is 13.1. The molecule has 3 nitrogen and oxygen atoms in total. The molecule has 0 atom stereocenters. The first-order valence-corrected chi connectivity index (χ1v) is 7.11. The fourth-order valence-corrected chi connectivity index (χ4v) is 2.79. The monoisotopic (exact) mass is 261 g/mol. The smallest absolute Gasteiger partial charge is 0.305 e. The van der Waals surface area contributed by atoms with Crippen LogP contribution in [0.15, 0.2) is 30.3 Å². The standard InChI is InChI=1S/C16H23NO2/c1-12(2)13-10-15(11-13)17(9-8-16(18)19)14-6-4-3-5-7-14/h3-7,12-13,15H,8-11H2,1-2H3,(H,18,19). The molecule has 3 heteroatoms. The second-order valence-corrected chi connectivity index (χ2v) is 5.80. The summed E-state index contributed by atoms with van der Waals surface area (Å²) < 4.78 is 0. The summed E-state index contributed by atoms with van der Waals surface area (Å²) in [5.41, 5.74) is 1.15. The number of hydrogen-bond acceptors (Lipinski definition) is 2. The van der Waals surface area contributed by atoms with Crippen LogP contribution in [0.5, 0.6) is 0 Å². The van der Waals surface area contributed by atoms with E-state index in [9.17, 15) is 4.79 Å². The molecule has 1 saturated carbocycles. The lowest BCUT2D eigenvalue weighted by atomic mass is 9.73. The number of hydrogen-bond donors (Lipinski definition) is 1. The number of carboxylic acid groups (broad SMARTS) is 1. The second kappa shape index (κ2) is 6.09. The summed E-state index contributed by atoms with van der Waals surface area (Å²) in [7, 11) is 0. The van der Waals surface area contributed by atoms with Crippen molar-refractivity contribution in [3.63, 3.8) is 0 Å². The fourth-order valence-electron chi connectivity index (χ4n) is 2.79. The van der Waals surface area contributed by atoms with E-state index in [2.05, 4.69) is 30.9 Å². The molecule has 0 aromatic heterocycles. The molecule has 1 aliphatic rings. The van der Waals surface area contributed by atoms with Crippen LogP contribution < -0.4 is 4.90 Å². The van der Waals surface area contributed by atoms with Gasteiger partial charge in [-0.25, -0.2) is 0 Å². The van der Waals surface area contributed by atoms with Crippen LogP contribution in [0, 0.1) is 11.8 Å². The van der Waals surface area contributed by atoms with E-state index in [1.54, 1.807) is 0 Å². The quantitative estimate of drug-likeness (QED) is 0.853. The maximum absolute atomic E-state index is 10.8. The van der Waals surface area contributed by atoms with E-state index in [4.69, 9.17) is 5.11 Å². The van der Waals surface area contributed by atoms with Crippen LogP contribution in [0.4, 0.5) is 5.69 Å². The molecule has 1 N–H and O–H groups in total. The number of aliphatic carboxylic acids is 1. The Labute approximate surface area is 115 Å². The van der Waals surface area contributed by atoms with Crippen LogP contribution in [0.3, 0.4) is 0 Å². The van der Waals surface area contributed by atoms with Crippen molar-refractivity contribution < 1.29 is 9.90 Å². The number of para-hydroxylation sites is 1. The number of benzene rings is 1. The van der Waals surface area contributed by atoms with Crippen LogP contribution >= 0.6 is 0 Å². The molecule has 19 heavy (non-hydrogen) atoms. The minimum absolute atomic E-state index is 0.206. The van der Waals surface area contributed by atoms with Gasteiger partial charge in [-0.2, -0.15) is 0 Å². The highest BCUT2D eigenvalue weighted by Gasteiger charge is 2.35. The maximum atomic E-state index is 10.8. The molecule has 0 bridgehead atoms. The van der Waals surface area contributed by atoms with Gasteiger partial charge in [0.15, 0.2) is 0 Å². The highest BCUT2D eigenvalue weighted by molar-refractivity contribution is 5.67. The minimum Gasteiger partial charge on any atom is -0.481 e. The van der Waals surface area contributed by atoms with Crippen molar-refractivity contribution in [3.05, 3.63) is 30.3 Å². The largest absolute Gasteiger partial charge is 0.481 e. The third kappa shape index (κ3) is 3.49. The van der Waals surface area contributed by atoms with Gasteiger partial charge in [0, 0.05) is 18.3 Å². The topological polar surface area (TPSA) is 40.5 Å². The number of carboxylic acids is 1. The van der Waals surface area contributed by atoms with Gasteiger partial charge in [-0.1, -0.05) is 32.0 Å². The molecule has 0 spiro atoms. The van der Waals surface area contributed by atoms with Crippen molar-refractivity contribution in [2.45, 2.75) is 39.2 Å². The van der Waals surface area contributed by atoms with Crippen molar-refractivity contribution in [3.8, 4) is 0 Å². The lowest BCUT2D eigenvalue weighted by molar-refractivity contribution is -0.136. The molecule has 1 aliphatic carbocycles. The van der Waals surface area contributed by atoms with Crippen molar-refractivity contribution in [1.82, 2.24) is 0 Å². The number of rotatable bonds is 6. The Balaban J connectivity index is 2.02. The maximum Gasteiger partial charge on any atom is 0.305 e. The van der Waals surface area contributed by atoms with Crippen LogP contribution in [-0.4, -0.2) is 23.7 Å². The predicted octanol–water partition coefficient (Wildman–Crippen LogP) is 3.40. The first kappa shape index (κ1) is 13.9. The second-order valence-electron chi connectivity index (χ2n) is 5.80. The Kier molecular flexibility index (Phi) is 4.46. The SMILES string of the molecule is CC(C)C1CC(N(CCC(=O)O)c2ccccc2)C1. The summed E-state index contributed by atoms with van der Waals surface area (Å²) in [5, 5.41) is 8.90. The van der Waals surface area contributed by atoms with Crippen LogP contribution in [0.25, 0.3) is 0 Å². The Hall–Kier alpha value is -1.51. The highest BCUT2D eigenvalue weighted by atomic mass is 16.4. The molecule has 2 rings (SSSR count). The van der Waals surface area contributed by atoms with Gasteiger partial charge in [0.1, 0.15) is 0 Å².